The largest absolute Gasteiger partial charge is 0.305 e. The van der Waals surface area contributed by atoms with Gasteiger partial charge in [-0.2, -0.15) is 0 Å². The molecule has 92 valence electrons. The summed E-state index contributed by atoms with van der Waals surface area (Å²) >= 11 is 5.57. The normalized spacial score (nSPS) is 16.7. The molecule has 0 aromatic heterocycles. The molecule has 0 aromatic carbocycles. The minimum Gasteiger partial charge on any atom is -0.305 e. The standard InChI is InChI=1S/C9H21ClN2O2S/c1-8(5-10)7-15(13,14)11-6-9(2)12(3)4/h8-9,11H,5-7H2,1-4H3. The Morgan fingerprint density at radius 2 is 1.87 bits per heavy atom. The van der Waals surface area contributed by atoms with Crippen LogP contribution in [0.2, 0.25) is 0 Å². The summed E-state index contributed by atoms with van der Waals surface area (Å²) in [5.74, 6) is 0.444. The highest BCUT2D eigenvalue weighted by molar-refractivity contribution is 7.89. The van der Waals surface area contributed by atoms with Crippen molar-refractivity contribution < 1.29 is 8.42 Å². The Kier molecular flexibility index (Phi) is 6.75. The summed E-state index contributed by atoms with van der Waals surface area (Å²) in [5, 5.41) is 0. The van der Waals surface area contributed by atoms with Crippen molar-refractivity contribution in [3.8, 4) is 0 Å². The van der Waals surface area contributed by atoms with Gasteiger partial charge in [0.15, 0.2) is 0 Å². The number of likely N-dealkylation sites (N-methyl/N-ethyl adjacent to an activating group) is 1. The lowest BCUT2D eigenvalue weighted by atomic mass is 10.3. The smallest absolute Gasteiger partial charge is 0.211 e. The number of alkyl halides is 1. The van der Waals surface area contributed by atoms with Gasteiger partial charge in [0.1, 0.15) is 0 Å². The molecule has 0 saturated carbocycles. The van der Waals surface area contributed by atoms with Crippen molar-refractivity contribution in [1.82, 2.24) is 9.62 Å². The molecule has 0 fully saturated rings. The second-order valence-corrected chi connectivity index (χ2v) is 6.36. The van der Waals surface area contributed by atoms with Crippen molar-refractivity contribution in [3.63, 3.8) is 0 Å². The molecule has 0 aliphatic carbocycles. The molecule has 4 nitrogen and oxygen atoms in total. The van der Waals surface area contributed by atoms with Gasteiger partial charge in [-0.3, -0.25) is 0 Å². The number of nitrogens with zero attached hydrogens (tertiary/aromatic N) is 1. The van der Waals surface area contributed by atoms with E-state index in [4.69, 9.17) is 11.6 Å². The zero-order valence-electron chi connectivity index (χ0n) is 9.83. The van der Waals surface area contributed by atoms with Crippen molar-refractivity contribution in [3.05, 3.63) is 0 Å². The highest BCUT2D eigenvalue weighted by Gasteiger charge is 2.16. The number of rotatable bonds is 7. The van der Waals surface area contributed by atoms with Crippen LogP contribution in [-0.4, -0.2) is 51.6 Å². The van der Waals surface area contributed by atoms with E-state index >= 15 is 0 Å². The molecular formula is C9H21ClN2O2S. The maximum atomic E-state index is 11.5. The number of hydrogen-bond donors (Lipinski definition) is 1. The minimum absolute atomic E-state index is 0.0150. The third-order valence-corrected chi connectivity index (χ3v) is 4.39. The van der Waals surface area contributed by atoms with Crippen molar-refractivity contribution >= 4 is 21.6 Å². The van der Waals surface area contributed by atoms with Crippen molar-refractivity contribution in [2.45, 2.75) is 19.9 Å². The molecule has 0 bridgehead atoms. The number of halogens is 1. The van der Waals surface area contributed by atoms with Gasteiger partial charge in [0.25, 0.3) is 0 Å². The molecule has 2 atom stereocenters. The van der Waals surface area contributed by atoms with E-state index in [2.05, 4.69) is 4.72 Å². The minimum atomic E-state index is -3.18. The molecule has 2 unspecified atom stereocenters. The first-order chi connectivity index (χ1) is 6.78. The first-order valence-corrected chi connectivity index (χ1v) is 7.17. The summed E-state index contributed by atoms with van der Waals surface area (Å²) in [6, 6.07) is 0.186. The van der Waals surface area contributed by atoms with E-state index < -0.39 is 10.0 Å². The van der Waals surface area contributed by atoms with Crippen molar-refractivity contribution in [2.75, 3.05) is 32.3 Å². The number of hydrogen-bond acceptors (Lipinski definition) is 3. The molecule has 6 heteroatoms. The summed E-state index contributed by atoms with van der Waals surface area (Å²) in [7, 11) is 0.651. The van der Waals surface area contributed by atoms with Crippen LogP contribution in [0.1, 0.15) is 13.8 Å². The summed E-state index contributed by atoms with van der Waals surface area (Å²) < 4.78 is 25.7. The summed E-state index contributed by atoms with van der Waals surface area (Å²) in [5.41, 5.74) is 0. The highest BCUT2D eigenvalue weighted by atomic mass is 35.5. The van der Waals surface area contributed by atoms with Gasteiger partial charge in [0, 0.05) is 18.5 Å². The topological polar surface area (TPSA) is 49.4 Å². The predicted octanol–water partition coefficient (Wildman–Crippen LogP) is 0.731. The third kappa shape index (κ3) is 7.11. The van der Waals surface area contributed by atoms with Crippen LogP contribution in [0.25, 0.3) is 0 Å². The fourth-order valence-electron chi connectivity index (χ4n) is 0.908. The Morgan fingerprint density at radius 1 is 1.33 bits per heavy atom. The molecule has 0 aliphatic rings. The van der Waals surface area contributed by atoms with Crippen LogP contribution in [0, 0.1) is 5.92 Å². The first kappa shape index (κ1) is 15.2. The van der Waals surface area contributed by atoms with Gasteiger partial charge >= 0.3 is 0 Å². The lowest BCUT2D eigenvalue weighted by Gasteiger charge is -2.20. The number of nitrogens with one attached hydrogen (secondary N) is 1. The van der Waals surface area contributed by atoms with Gasteiger partial charge in [-0.15, -0.1) is 11.6 Å². The zero-order chi connectivity index (χ0) is 12.1. The van der Waals surface area contributed by atoms with Crippen molar-refractivity contribution in [1.29, 1.82) is 0 Å². The molecule has 0 aliphatic heterocycles. The van der Waals surface area contributed by atoms with E-state index in [1.807, 2.05) is 32.8 Å². The van der Waals surface area contributed by atoms with Gasteiger partial charge in [-0.25, -0.2) is 13.1 Å². The van der Waals surface area contributed by atoms with Crippen molar-refractivity contribution in [2.24, 2.45) is 5.92 Å². The zero-order valence-corrected chi connectivity index (χ0v) is 11.4. The van der Waals surface area contributed by atoms with Gasteiger partial charge < -0.3 is 4.90 Å². The van der Waals surface area contributed by atoms with Crippen LogP contribution in [0.15, 0.2) is 0 Å². The molecule has 0 radical (unpaired) electrons. The average molecular weight is 257 g/mol. The maximum absolute atomic E-state index is 11.5. The summed E-state index contributed by atoms with van der Waals surface area (Å²) in [6.45, 7) is 4.22. The fraction of sp³-hybridized carbons (Fsp3) is 1.00. The van der Waals surface area contributed by atoms with E-state index in [0.717, 1.165) is 0 Å². The fourth-order valence-corrected chi connectivity index (χ4v) is 2.63. The quantitative estimate of drug-likeness (QED) is 0.684. The first-order valence-electron chi connectivity index (χ1n) is 4.98. The second-order valence-electron chi connectivity index (χ2n) is 4.20. The van der Waals surface area contributed by atoms with Crippen LogP contribution in [-0.2, 0) is 10.0 Å². The van der Waals surface area contributed by atoms with Crippen LogP contribution in [0.3, 0.4) is 0 Å². The predicted molar refractivity (Wildman–Crippen MR) is 64.8 cm³/mol. The molecule has 0 aromatic rings. The Morgan fingerprint density at radius 3 is 2.27 bits per heavy atom. The SMILES string of the molecule is CC(CCl)CS(=O)(=O)NCC(C)N(C)C. The monoisotopic (exact) mass is 256 g/mol. The maximum Gasteiger partial charge on any atom is 0.211 e. The van der Waals surface area contributed by atoms with Gasteiger partial charge in [-0.1, -0.05) is 6.92 Å². The van der Waals surface area contributed by atoms with Gasteiger partial charge in [0.05, 0.1) is 5.75 Å². The van der Waals surface area contributed by atoms with Gasteiger partial charge in [-0.05, 0) is 26.9 Å². The Hall–Kier alpha value is 0.160. The lowest BCUT2D eigenvalue weighted by molar-refractivity contribution is 0.313. The Labute approximate surface area is 98.0 Å². The lowest BCUT2D eigenvalue weighted by Crippen LogP contribution is -2.40. The van der Waals surface area contributed by atoms with Crippen LogP contribution in [0.5, 0.6) is 0 Å². The average Bonchev–Trinajstić information content (AvgIpc) is 2.13. The van der Waals surface area contributed by atoms with E-state index in [9.17, 15) is 8.42 Å². The van der Waals surface area contributed by atoms with Gasteiger partial charge in [0.2, 0.25) is 10.0 Å². The molecule has 1 N–H and O–H groups in total. The molecule has 0 spiro atoms. The van der Waals surface area contributed by atoms with Crippen LogP contribution < -0.4 is 4.72 Å². The molecule has 15 heavy (non-hydrogen) atoms. The number of sulfonamides is 1. The van der Waals surface area contributed by atoms with E-state index in [-0.39, 0.29) is 17.7 Å². The molecule has 0 heterocycles. The second kappa shape index (κ2) is 6.68. The third-order valence-electron chi connectivity index (χ3n) is 2.25. The Balaban J connectivity index is 4.05. The molecule has 0 saturated heterocycles. The van der Waals surface area contributed by atoms with Crippen LogP contribution >= 0.6 is 11.6 Å². The molecular weight excluding hydrogens is 236 g/mol. The van der Waals surface area contributed by atoms with E-state index in [1.54, 1.807) is 0 Å². The Bertz CT molecular complexity index is 267. The molecule has 0 amide bonds. The summed E-state index contributed by atoms with van der Waals surface area (Å²) in [4.78, 5) is 1.97. The molecule has 0 rings (SSSR count). The summed E-state index contributed by atoms with van der Waals surface area (Å²) in [6.07, 6.45) is 0. The van der Waals surface area contributed by atoms with E-state index in [0.29, 0.717) is 12.4 Å². The van der Waals surface area contributed by atoms with E-state index in [1.165, 1.54) is 0 Å². The highest BCUT2D eigenvalue weighted by Crippen LogP contribution is 2.02. The van der Waals surface area contributed by atoms with Crippen LogP contribution in [0.4, 0.5) is 0 Å².